The van der Waals surface area contributed by atoms with Crippen LogP contribution in [0.4, 0.5) is 0 Å². The van der Waals surface area contributed by atoms with E-state index in [1.165, 1.54) is 5.87 Å². The maximum absolute atomic E-state index is 4.85. The fourth-order valence-electron chi connectivity index (χ4n) is 0. The van der Waals surface area contributed by atoms with Gasteiger partial charge in [0.15, 0.2) is 0 Å². The standard InChI is InChI=1S/C2H4B2/c1-4-2-3/h2H,1H3. The van der Waals surface area contributed by atoms with E-state index in [0.29, 0.717) is 0 Å². The second-order valence-electron chi connectivity index (χ2n) is 0.526. The van der Waals surface area contributed by atoms with Crippen LogP contribution in [0.3, 0.4) is 0 Å². The Morgan fingerprint density at radius 3 is 2.25 bits per heavy atom. The molecule has 0 saturated heterocycles. The van der Waals surface area contributed by atoms with Crippen LogP contribution in [0.2, 0.25) is 6.82 Å². The Bertz CT molecular complexity index is 18.0. The molecule has 2 radical (unpaired) electrons. The first kappa shape index (κ1) is 4.00. The van der Waals surface area contributed by atoms with Crippen molar-refractivity contribution in [2.24, 2.45) is 0 Å². The van der Waals surface area contributed by atoms with Gasteiger partial charge in [-0.15, -0.1) is 0 Å². The van der Waals surface area contributed by atoms with Crippen LogP contribution in [0, 0.1) is 0 Å². The molecule has 0 N–H and O–H groups in total. The van der Waals surface area contributed by atoms with Gasteiger partial charge in [-0.2, -0.15) is 0 Å². The van der Waals surface area contributed by atoms with Gasteiger partial charge < -0.3 is 0 Å². The van der Waals surface area contributed by atoms with Gasteiger partial charge in [0.25, 0.3) is 0 Å². The molecule has 0 aromatic rings. The number of hydrogen-bond acceptors (Lipinski definition) is 0. The molecule has 0 unspecified atom stereocenters. The molecule has 0 aromatic heterocycles. The molecule has 0 saturated carbocycles. The Kier molecular flexibility index (Phi) is 3.00. The first-order valence-corrected chi connectivity index (χ1v) is 1.24. The molecule has 0 nitrogen and oxygen atoms in total. The van der Waals surface area contributed by atoms with E-state index in [0.717, 1.165) is 0 Å². The Morgan fingerprint density at radius 2 is 2.25 bits per heavy atom. The summed E-state index contributed by atoms with van der Waals surface area (Å²) in [6, 6.07) is 0. The van der Waals surface area contributed by atoms with Gasteiger partial charge in [0.2, 0.25) is 0 Å². The van der Waals surface area contributed by atoms with Crippen LogP contribution in [0.25, 0.3) is 0 Å². The Hall–Kier alpha value is -0.000130. The van der Waals surface area contributed by atoms with E-state index in [4.69, 9.17) is 7.49 Å². The van der Waals surface area contributed by atoms with Crippen LogP contribution in [-0.4, -0.2) is 20.6 Å². The van der Waals surface area contributed by atoms with E-state index in [1.807, 2.05) is 6.82 Å². The van der Waals surface area contributed by atoms with Crippen molar-refractivity contribution >= 4 is 20.6 Å². The van der Waals surface area contributed by atoms with Crippen LogP contribution in [0.15, 0.2) is 0 Å². The third-order valence-corrected chi connectivity index (χ3v) is 0.192. The zero-order valence-corrected chi connectivity index (χ0v) is 2.73. The summed E-state index contributed by atoms with van der Waals surface area (Å²) in [5.41, 5.74) is 0. The third kappa shape index (κ3) is 2.00. The average molecular weight is 49.7 g/mol. The summed E-state index contributed by atoms with van der Waals surface area (Å²) in [7, 11) is 6.62. The summed E-state index contributed by atoms with van der Waals surface area (Å²) in [5, 5.41) is 0. The van der Waals surface area contributed by atoms with Gasteiger partial charge in [0, 0.05) is 0 Å². The second kappa shape index (κ2) is 3.00. The van der Waals surface area contributed by atoms with Gasteiger partial charge in [0.05, 0.1) is 0 Å². The molecule has 0 heterocycles. The Labute approximate surface area is 28.5 Å². The first-order valence-electron chi connectivity index (χ1n) is 1.24. The van der Waals surface area contributed by atoms with Crippen LogP contribution in [0.1, 0.15) is 0 Å². The molecule has 0 aliphatic heterocycles. The van der Waals surface area contributed by atoms with Crippen molar-refractivity contribution in [3.63, 3.8) is 0 Å². The van der Waals surface area contributed by atoms with Crippen molar-refractivity contribution in [2.45, 2.75) is 6.82 Å². The molecule has 0 amide bonds. The molecular formula is C2H4B2. The van der Waals surface area contributed by atoms with Crippen molar-refractivity contribution in [3.05, 3.63) is 0 Å². The SMILES string of the molecule is [B]=C[B]C. The summed E-state index contributed by atoms with van der Waals surface area (Å²) in [5.74, 6) is 1.50. The van der Waals surface area contributed by atoms with Crippen LogP contribution >= 0.6 is 0 Å². The van der Waals surface area contributed by atoms with E-state index in [1.54, 1.807) is 7.28 Å². The van der Waals surface area contributed by atoms with E-state index < -0.39 is 0 Å². The van der Waals surface area contributed by atoms with Crippen molar-refractivity contribution in [1.82, 2.24) is 0 Å². The average Bonchev–Trinajstić information content (AvgIpc) is 1.37. The Balaban J connectivity index is 2.30. The van der Waals surface area contributed by atoms with Crippen molar-refractivity contribution < 1.29 is 0 Å². The summed E-state index contributed by atoms with van der Waals surface area (Å²) >= 11 is 0. The van der Waals surface area contributed by atoms with E-state index in [9.17, 15) is 0 Å². The number of rotatable bonds is 1. The van der Waals surface area contributed by atoms with Crippen molar-refractivity contribution in [2.75, 3.05) is 0 Å². The molecular weight excluding hydrogens is 45.6 g/mol. The maximum atomic E-state index is 4.85. The van der Waals surface area contributed by atoms with E-state index in [-0.39, 0.29) is 0 Å². The molecule has 0 spiro atoms. The van der Waals surface area contributed by atoms with E-state index >= 15 is 0 Å². The summed E-state index contributed by atoms with van der Waals surface area (Å²) < 4.78 is 0. The number of hydrogen-bond donors (Lipinski definition) is 0. The molecule has 0 fully saturated rings. The second-order valence-corrected chi connectivity index (χ2v) is 0.526. The molecule has 2 heteroatoms. The van der Waals surface area contributed by atoms with Crippen LogP contribution in [0.5, 0.6) is 0 Å². The van der Waals surface area contributed by atoms with Gasteiger partial charge in [0.1, 0.15) is 0 Å². The van der Waals surface area contributed by atoms with Crippen LogP contribution < -0.4 is 0 Å². The van der Waals surface area contributed by atoms with Gasteiger partial charge >= 0.3 is 27.5 Å². The molecule has 0 aromatic carbocycles. The molecule has 18 valence electrons. The molecule has 0 bridgehead atoms. The molecule has 0 aliphatic carbocycles. The van der Waals surface area contributed by atoms with Gasteiger partial charge in [-0.25, -0.2) is 0 Å². The third-order valence-electron chi connectivity index (χ3n) is 0.192. The van der Waals surface area contributed by atoms with Gasteiger partial charge in [-0.3, -0.25) is 0 Å². The van der Waals surface area contributed by atoms with Gasteiger partial charge in [-0.05, 0) is 0 Å². The fourth-order valence-corrected chi connectivity index (χ4v) is 0. The summed E-state index contributed by atoms with van der Waals surface area (Å²) in [6.07, 6.45) is 0. The van der Waals surface area contributed by atoms with Gasteiger partial charge in [-0.1, -0.05) is 0 Å². The van der Waals surface area contributed by atoms with Crippen molar-refractivity contribution in [1.29, 1.82) is 0 Å². The predicted octanol–water partition coefficient (Wildman–Crippen LogP) is -0.333. The minimum absolute atomic E-state index is 1.50. The topological polar surface area (TPSA) is 0 Å². The monoisotopic (exact) mass is 50.0 g/mol. The zero-order valence-electron chi connectivity index (χ0n) is 2.73. The Morgan fingerprint density at radius 1 is 2.00 bits per heavy atom. The fraction of sp³-hybridized carbons (Fsp3) is 0.500. The quantitative estimate of drug-likeness (QED) is 0.357. The minimum atomic E-state index is 1.50. The molecule has 4 heavy (non-hydrogen) atoms. The predicted molar refractivity (Wildman–Crippen MR) is 23.4 cm³/mol. The molecule has 0 aliphatic rings. The molecule has 0 atom stereocenters. The van der Waals surface area contributed by atoms with E-state index in [2.05, 4.69) is 0 Å². The molecule has 0 rings (SSSR count). The summed E-state index contributed by atoms with van der Waals surface area (Å²) in [4.78, 5) is 0. The zero-order chi connectivity index (χ0) is 3.41. The van der Waals surface area contributed by atoms with Crippen molar-refractivity contribution in [3.8, 4) is 0 Å². The first-order chi connectivity index (χ1) is 1.91. The summed E-state index contributed by atoms with van der Waals surface area (Å²) in [6.45, 7) is 1.88. The van der Waals surface area contributed by atoms with Crippen LogP contribution in [-0.2, 0) is 0 Å². The normalized spacial score (nSPS) is 5.00.